The van der Waals surface area contributed by atoms with Gasteiger partial charge in [-0.1, -0.05) is 18.2 Å². The molecule has 1 saturated heterocycles. The Morgan fingerprint density at radius 1 is 1.33 bits per heavy atom. The zero-order valence-corrected chi connectivity index (χ0v) is 9.18. The minimum absolute atomic E-state index is 0.550. The van der Waals surface area contributed by atoms with E-state index in [2.05, 4.69) is 5.16 Å². The molecule has 15 heavy (non-hydrogen) atoms. The lowest BCUT2D eigenvalue weighted by Crippen LogP contribution is -2.31. The number of rotatable bonds is 2. The van der Waals surface area contributed by atoms with Crippen molar-refractivity contribution >= 4 is 23.6 Å². The molecule has 1 aromatic rings. The fourth-order valence-corrected chi connectivity index (χ4v) is 2.19. The van der Waals surface area contributed by atoms with Crippen molar-refractivity contribution in [3.05, 3.63) is 36.2 Å². The average Bonchev–Trinajstić information content (AvgIpc) is 2.72. The van der Waals surface area contributed by atoms with Crippen molar-refractivity contribution in [1.82, 2.24) is 4.31 Å². The van der Waals surface area contributed by atoms with E-state index < -0.39 is 0 Å². The summed E-state index contributed by atoms with van der Waals surface area (Å²) in [5.41, 5.74) is 0.994. The smallest absolute Gasteiger partial charge is 0.254 e. The van der Waals surface area contributed by atoms with Gasteiger partial charge in [0.05, 0.1) is 0 Å². The fourth-order valence-electron chi connectivity index (χ4n) is 1.40. The van der Waals surface area contributed by atoms with Crippen molar-refractivity contribution in [1.29, 1.82) is 0 Å². The Bertz CT molecular complexity index is 355. The molecule has 1 aliphatic rings. The summed E-state index contributed by atoms with van der Waals surface area (Å²) in [5.74, 6) is 2.47. The highest BCUT2D eigenvalue weighted by Crippen LogP contribution is 2.31. The summed E-state index contributed by atoms with van der Waals surface area (Å²) in [6.07, 6.45) is 0. The minimum atomic E-state index is 0.550. The van der Waals surface area contributed by atoms with Gasteiger partial charge in [-0.05, 0) is 36.2 Å². The van der Waals surface area contributed by atoms with Crippen LogP contribution < -0.4 is 4.90 Å². The van der Waals surface area contributed by atoms with Crippen LogP contribution in [0.4, 0.5) is 5.69 Å². The molecule has 1 heterocycles. The maximum Gasteiger partial charge on any atom is 0.254 e. The summed E-state index contributed by atoms with van der Waals surface area (Å²) in [6.45, 7) is 2.81. The zero-order chi connectivity index (χ0) is 10.7. The maximum atomic E-state index is 8.97. The van der Waals surface area contributed by atoms with Crippen LogP contribution in [0.3, 0.4) is 0 Å². The number of para-hydroxylation sites is 1. The molecular formula is C10H12N3OS. The molecule has 0 bridgehead atoms. The van der Waals surface area contributed by atoms with Crippen LogP contribution in [-0.2, 0) is 0 Å². The number of nitrogens with zero attached hydrogens (tertiary/aromatic N) is 3. The van der Waals surface area contributed by atoms with Gasteiger partial charge >= 0.3 is 0 Å². The van der Waals surface area contributed by atoms with Crippen molar-refractivity contribution in [2.75, 3.05) is 11.4 Å². The minimum Gasteiger partial charge on any atom is -0.408 e. The normalized spacial score (nSPS) is 18.9. The summed E-state index contributed by atoms with van der Waals surface area (Å²) in [5, 5.41) is 12.3. The Labute approximate surface area is 93.3 Å². The predicted octanol–water partition coefficient (Wildman–Crippen LogP) is 2.34. The van der Waals surface area contributed by atoms with Crippen LogP contribution in [0, 0.1) is 5.88 Å². The standard InChI is InChI=1S/C10H12N3OS/c1-2-13-10(11-14)12(8-15-13)9-6-4-3-5-7-9/h3-8,14H,2H2,1H3. The second-order valence-corrected chi connectivity index (χ2v) is 3.87. The Kier molecular flexibility index (Phi) is 3.01. The average molecular weight is 222 g/mol. The fraction of sp³-hybridized carbons (Fsp3) is 0.200. The number of guanidine groups is 1. The molecule has 0 amide bonds. The van der Waals surface area contributed by atoms with Crippen LogP contribution in [0.1, 0.15) is 6.92 Å². The van der Waals surface area contributed by atoms with Gasteiger partial charge in [0.25, 0.3) is 5.96 Å². The molecule has 1 radical (unpaired) electrons. The van der Waals surface area contributed by atoms with Crippen LogP contribution in [0.15, 0.2) is 35.5 Å². The molecule has 0 saturated carbocycles. The highest BCUT2D eigenvalue weighted by molar-refractivity contribution is 8.00. The molecule has 0 atom stereocenters. The van der Waals surface area contributed by atoms with E-state index in [1.54, 1.807) is 0 Å². The van der Waals surface area contributed by atoms with E-state index in [0.717, 1.165) is 12.2 Å². The summed E-state index contributed by atoms with van der Waals surface area (Å²) in [6, 6.07) is 9.82. The lowest BCUT2D eigenvalue weighted by Gasteiger charge is -2.18. The summed E-state index contributed by atoms with van der Waals surface area (Å²) in [4.78, 5) is 1.86. The second-order valence-electron chi connectivity index (χ2n) is 3.01. The first-order chi connectivity index (χ1) is 7.36. The molecule has 1 N–H and O–H groups in total. The third kappa shape index (κ3) is 1.87. The second kappa shape index (κ2) is 4.44. The van der Waals surface area contributed by atoms with E-state index in [1.807, 2.05) is 52.3 Å². The molecule has 0 unspecified atom stereocenters. The first kappa shape index (κ1) is 10.2. The Morgan fingerprint density at radius 3 is 2.67 bits per heavy atom. The van der Waals surface area contributed by atoms with E-state index in [-0.39, 0.29) is 0 Å². The van der Waals surface area contributed by atoms with Crippen LogP contribution in [-0.4, -0.2) is 22.0 Å². The van der Waals surface area contributed by atoms with Gasteiger partial charge in [0.2, 0.25) is 0 Å². The number of anilines is 1. The Morgan fingerprint density at radius 2 is 2.07 bits per heavy atom. The molecule has 1 aromatic carbocycles. The highest BCUT2D eigenvalue weighted by atomic mass is 32.2. The number of oxime groups is 1. The molecular weight excluding hydrogens is 210 g/mol. The van der Waals surface area contributed by atoms with E-state index in [9.17, 15) is 0 Å². The largest absolute Gasteiger partial charge is 0.408 e. The Hall–Kier alpha value is -1.36. The van der Waals surface area contributed by atoms with Gasteiger partial charge in [-0.2, -0.15) is 0 Å². The lowest BCUT2D eigenvalue weighted by atomic mass is 10.3. The monoisotopic (exact) mass is 222 g/mol. The van der Waals surface area contributed by atoms with Crippen LogP contribution >= 0.6 is 11.9 Å². The van der Waals surface area contributed by atoms with Crippen molar-refractivity contribution in [3.8, 4) is 0 Å². The predicted molar refractivity (Wildman–Crippen MR) is 62.4 cm³/mol. The van der Waals surface area contributed by atoms with Gasteiger partial charge in [-0.25, -0.2) is 0 Å². The van der Waals surface area contributed by atoms with Crippen molar-refractivity contribution in [2.24, 2.45) is 5.16 Å². The number of benzene rings is 1. The van der Waals surface area contributed by atoms with E-state index in [0.29, 0.717) is 5.96 Å². The summed E-state index contributed by atoms with van der Waals surface area (Å²) < 4.78 is 1.91. The molecule has 0 aromatic heterocycles. The maximum absolute atomic E-state index is 8.97. The first-order valence-corrected chi connectivity index (χ1v) is 5.54. The van der Waals surface area contributed by atoms with Gasteiger partial charge in [0, 0.05) is 12.2 Å². The summed E-state index contributed by atoms with van der Waals surface area (Å²) in [7, 11) is 0. The molecule has 5 heteroatoms. The van der Waals surface area contributed by atoms with Crippen molar-refractivity contribution < 1.29 is 5.21 Å². The SMILES string of the molecule is CCN1S[CH]N(c2ccccc2)C1=NO. The Balaban J connectivity index is 2.25. The lowest BCUT2D eigenvalue weighted by molar-refractivity contribution is 0.312. The van der Waals surface area contributed by atoms with Crippen LogP contribution in [0.5, 0.6) is 0 Å². The van der Waals surface area contributed by atoms with Gasteiger partial charge in [-0.3, -0.25) is 9.21 Å². The highest BCUT2D eigenvalue weighted by Gasteiger charge is 2.28. The molecule has 79 valence electrons. The van der Waals surface area contributed by atoms with Crippen molar-refractivity contribution in [3.63, 3.8) is 0 Å². The van der Waals surface area contributed by atoms with Crippen molar-refractivity contribution in [2.45, 2.75) is 6.92 Å². The topological polar surface area (TPSA) is 39.1 Å². The quantitative estimate of drug-likeness (QED) is 0.473. The summed E-state index contributed by atoms with van der Waals surface area (Å²) >= 11 is 1.52. The third-order valence-corrected chi connectivity index (χ3v) is 3.11. The van der Waals surface area contributed by atoms with E-state index >= 15 is 0 Å². The molecule has 1 aliphatic heterocycles. The third-order valence-electron chi connectivity index (χ3n) is 2.13. The van der Waals surface area contributed by atoms with E-state index in [4.69, 9.17) is 5.21 Å². The van der Waals surface area contributed by atoms with Gasteiger partial charge < -0.3 is 5.21 Å². The number of hydrogen-bond acceptors (Lipinski definition) is 3. The first-order valence-electron chi connectivity index (χ1n) is 4.70. The number of hydrogen-bond donors (Lipinski definition) is 1. The van der Waals surface area contributed by atoms with Crippen LogP contribution in [0.25, 0.3) is 0 Å². The van der Waals surface area contributed by atoms with E-state index in [1.165, 1.54) is 11.9 Å². The molecule has 0 aliphatic carbocycles. The zero-order valence-electron chi connectivity index (χ0n) is 8.37. The van der Waals surface area contributed by atoms with Gasteiger partial charge in [0.1, 0.15) is 5.88 Å². The van der Waals surface area contributed by atoms with Crippen LogP contribution in [0.2, 0.25) is 0 Å². The van der Waals surface area contributed by atoms with Gasteiger partial charge in [-0.15, -0.1) is 0 Å². The molecule has 4 nitrogen and oxygen atoms in total. The molecule has 1 fully saturated rings. The van der Waals surface area contributed by atoms with Gasteiger partial charge in [0.15, 0.2) is 0 Å². The molecule has 2 rings (SSSR count). The molecule has 0 spiro atoms.